The van der Waals surface area contributed by atoms with Crippen LogP contribution < -0.4 is 5.73 Å². The van der Waals surface area contributed by atoms with Crippen molar-refractivity contribution in [2.45, 2.75) is 13.0 Å². The average molecular weight is 287 g/mol. The van der Waals surface area contributed by atoms with Gasteiger partial charge in [0.15, 0.2) is 0 Å². The maximum atomic E-state index is 10.8. The number of nitrogens with zero attached hydrogens (tertiary/aromatic N) is 1. The number of hydrogen-bond acceptors (Lipinski definition) is 3. The largest absolute Gasteiger partial charge is 0.508 e. The van der Waals surface area contributed by atoms with Crippen LogP contribution in [0.1, 0.15) is 18.5 Å². The lowest BCUT2D eigenvalue weighted by Crippen LogP contribution is -2.32. The standard InChI is InChI=1S/C11H15BrN2O2/c1-7(14(2)6-11(13)16)9-5-8(12)3-4-10(9)15/h3-5,7,15H,6H2,1-2H3,(H2,13,16). The fourth-order valence-electron chi connectivity index (χ4n) is 1.48. The van der Waals surface area contributed by atoms with E-state index in [9.17, 15) is 9.90 Å². The summed E-state index contributed by atoms with van der Waals surface area (Å²) in [4.78, 5) is 12.6. The summed E-state index contributed by atoms with van der Waals surface area (Å²) in [6.45, 7) is 2.07. The minimum absolute atomic E-state index is 0.0787. The van der Waals surface area contributed by atoms with E-state index in [4.69, 9.17) is 5.73 Å². The molecule has 1 unspecified atom stereocenters. The Bertz CT molecular complexity index is 396. The molecule has 0 aliphatic heterocycles. The van der Waals surface area contributed by atoms with Gasteiger partial charge < -0.3 is 10.8 Å². The van der Waals surface area contributed by atoms with E-state index in [2.05, 4.69) is 15.9 Å². The van der Waals surface area contributed by atoms with Crippen molar-refractivity contribution in [3.63, 3.8) is 0 Å². The summed E-state index contributed by atoms with van der Waals surface area (Å²) in [5, 5.41) is 9.72. The van der Waals surface area contributed by atoms with Crippen LogP contribution in [0.15, 0.2) is 22.7 Å². The molecule has 0 radical (unpaired) electrons. The van der Waals surface area contributed by atoms with Crippen molar-refractivity contribution < 1.29 is 9.90 Å². The summed E-state index contributed by atoms with van der Waals surface area (Å²) in [6.07, 6.45) is 0. The van der Waals surface area contributed by atoms with E-state index in [0.717, 1.165) is 10.0 Å². The third-order valence-corrected chi connectivity index (χ3v) is 3.00. The maximum absolute atomic E-state index is 10.8. The Morgan fingerprint density at radius 3 is 2.81 bits per heavy atom. The van der Waals surface area contributed by atoms with Crippen LogP contribution in [0.3, 0.4) is 0 Å². The Kier molecular flexibility index (Phi) is 4.32. The van der Waals surface area contributed by atoms with E-state index in [0.29, 0.717) is 0 Å². The van der Waals surface area contributed by atoms with Crippen LogP contribution in [-0.4, -0.2) is 29.5 Å². The van der Waals surface area contributed by atoms with Gasteiger partial charge in [0.05, 0.1) is 6.54 Å². The summed E-state index contributed by atoms with van der Waals surface area (Å²) >= 11 is 3.34. The molecule has 0 aliphatic carbocycles. The van der Waals surface area contributed by atoms with E-state index in [1.54, 1.807) is 24.1 Å². The third-order valence-electron chi connectivity index (χ3n) is 2.51. The Balaban J connectivity index is 2.90. The molecule has 88 valence electrons. The molecule has 0 saturated heterocycles. The van der Waals surface area contributed by atoms with Crippen molar-refractivity contribution in [3.05, 3.63) is 28.2 Å². The molecule has 5 heteroatoms. The normalized spacial score (nSPS) is 12.8. The van der Waals surface area contributed by atoms with Crippen molar-refractivity contribution in [1.29, 1.82) is 0 Å². The van der Waals surface area contributed by atoms with E-state index in [1.165, 1.54) is 0 Å². The summed E-state index contributed by atoms with van der Waals surface area (Å²) in [5.41, 5.74) is 5.89. The highest BCUT2D eigenvalue weighted by Gasteiger charge is 2.16. The molecule has 1 amide bonds. The molecule has 0 saturated carbocycles. The van der Waals surface area contributed by atoms with Gasteiger partial charge in [0.1, 0.15) is 5.75 Å². The van der Waals surface area contributed by atoms with Gasteiger partial charge in [0.2, 0.25) is 5.91 Å². The number of likely N-dealkylation sites (N-methyl/N-ethyl adjacent to an activating group) is 1. The zero-order valence-corrected chi connectivity index (χ0v) is 10.9. The second kappa shape index (κ2) is 5.32. The topological polar surface area (TPSA) is 66.6 Å². The molecule has 0 aromatic heterocycles. The summed E-state index contributed by atoms with van der Waals surface area (Å²) < 4.78 is 0.889. The molecule has 0 aliphatic rings. The van der Waals surface area contributed by atoms with E-state index in [-0.39, 0.29) is 24.2 Å². The summed E-state index contributed by atoms with van der Waals surface area (Å²) in [7, 11) is 1.79. The van der Waals surface area contributed by atoms with Crippen LogP contribution in [0.2, 0.25) is 0 Å². The van der Waals surface area contributed by atoms with Gasteiger partial charge in [0.25, 0.3) is 0 Å². The number of hydrogen-bond donors (Lipinski definition) is 2. The SMILES string of the molecule is CC(c1cc(Br)ccc1O)N(C)CC(N)=O. The number of carbonyl (C=O) groups is 1. The van der Waals surface area contributed by atoms with Gasteiger partial charge in [0, 0.05) is 16.1 Å². The van der Waals surface area contributed by atoms with Crippen LogP contribution in [-0.2, 0) is 4.79 Å². The van der Waals surface area contributed by atoms with Gasteiger partial charge in [-0.15, -0.1) is 0 Å². The number of primary amides is 1. The monoisotopic (exact) mass is 286 g/mol. The van der Waals surface area contributed by atoms with Crippen LogP contribution in [0.25, 0.3) is 0 Å². The molecular weight excluding hydrogens is 272 g/mol. The molecule has 0 heterocycles. The number of carbonyl (C=O) groups excluding carboxylic acids is 1. The molecule has 1 atom stereocenters. The number of phenolic OH excluding ortho intramolecular Hbond substituents is 1. The first kappa shape index (κ1) is 13.0. The Morgan fingerprint density at radius 2 is 2.25 bits per heavy atom. The van der Waals surface area contributed by atoms with Gasteiger partial charge in [-0.3, -0.25) is 9.69 Å². The van der Waals surface area contributed by atoms with Gasteiger partial charge in [-0.25, -0.2) is 0 Å². The predicted octanol–water partition coefficient (Wildman–Crippen LogP) is 1.63. The van der Waals surface area contributed by atoms with Crippen LogP contribution >= 0.6 is 15.9 Å². The minimum Gasteiger partial charge on any atom is -0.508 e. The predicted molar refractivity (Wildman–Crippen MR) is 66.0 cm³/mol. The Labute approximate surface area is 103 Å². The van der Waals surface area contributed by atoms with E-state index in [1.807, 2.05) is 13.0 Å². The number of rotatable bonds is 4. The average Bonchev–Trinajstić information content (AvgIpc) is 2.19. The van der Waals surface area contributed by atoms with Gasteiger partial charge in [-0.05, 0) is 32.2 Å². The Hall–Kier alpha value is -1.07. The molecule has 1 aromatic carbocycles. The zero-order chi connectivity index (χ0) is 12.3. The van der Waals surface area contributed by atoms with Crippen LogP contribution in [0, 0.1) is 0 Å². The number of nitrogens with two attached hydrogens (primary N) is 1. The smallest absolute Gasteiger partial charge is 0.231 e. The number of phenols is 1. The van der Waals surface area contributed by atoms with Crippen molar-refractivity contribution in [1.82, 2.24) is 4.90 Å². The molecule has 4 nitrogen and oxygen atoms in total. The first-order chi connectivity index (χ1) is 7.41. The third kappa shape index (κ3) is 3.21. The molecule has 0 spiro atoms. The number of halogens is 1. The number of aromatic hydroxyl groups is 1. The van der Waals surface area contributed by atoms with Gasteiger partial charge in [-0.1, -0.05) is 15.9 Å². The van der Waals surface area contributed by atoms with Crippen LogP contribution in [0.4, 0.5) is 0 Å². The summed E-state index contributed by atoms with van der Waals surface area (Å²) in [6, 6.07) is 5.13. The molecule has 16 heavy (non-hydrogen) atoms. The van der Waals surface area contributed by atoms with Crippen molar-refractivity contribution in [2.75, 3.05) is 13.6 Å². The Morgan fingerprint density at radius 1 is 1.62 bits per heavy atom. The van der Waals surface area contributed by atoms with E-state index >= 15 is 0 Å². The minimum atomic E-state index is -0.385. The van der Waals surface area contributed by atoms with Crippen LogP contribution in [0.5, 0.6) is 5.75 Å². The quantitative estimate of drug-likeness (QED) is 0.884. The fourth-order valence-corrected chi connectivity index (χ4v) is 1.86. The lowest BCUT2D eigenvalue weighted by molar-refractivity contribution is -0.119. The molecule has 0 bridgehead atoms. The maximum Gasteiger partial charge on any atom is 0.231 e. The second-order valence-corrected chi connectivity index (χ2v) is 4.68. The molecular formula is C11H15BrN2O2. The molecule has 1 aromatic rings. The first-order valence-electron chi connectivity index (χ1n) is 4.88. The lowest BCUT2D eigenvalue weighted by Gasteiger charge is -2.24. The van der Waals surface area contributed by atoms with Crippen molar-refractivity contribution >= 4 is 21.8 Å². The second-order valence-electron chi connectivity index (χ2n) is 3.76. The van der Waals surface area contributed by atoms with Crippen molar-refractivity contribution in [2.24, 2.45) is 5.73 Å². The highest BCUT2D eigenvalue weighted by molar-refractivity contribution is 9.10. The highest BCUT2D eigenvalue weighted by Crippen LogP contribution is 2.30. The van der Waals surface area contributed by atoms with Crippen molar-refractivity contribution in [3.8, 4) is 5.75 Å². The highest BCUT2D eigenvalue weighted by atomic mass is 79.9. The lowest BCUT2D eigenvalue weighted by atomic mass is 10.1. The molecule has 1 rings (SSSR count). The zero-order valence-electron chi connectivity index (χ0n) is 9.27. The van der Waals surface area contributed by atoms with Gasteiger partial charge >= 0.3 is 0 Å². The molecule has 0 fully saturated rings. The number of benzene rings is 1. The first-order valence-corrected chi connectivity index (χ1v) is 5.68. The summed E-state index contributed by atoms with van der Waals surface area (Å²) in [5.74, 6) is -0.171. The van der Waals surface area contributed by atoms with Gasteiger partial charge in [-0.2, -0.15) is 0 Å². The fraction of sp³-hybridized carbons (Fsp3) is 0.364. The molecule has 3 N–H and O–H groups in total. The van der Waals surface area contributed by atoms with E-state index < -0.39 is 0 Å². The number of amides is 1.